The summed E-state index contributed by atoms with van der Waals surface area (Å²) in [5.74, 6) is 0.658. The van der Waals surface area contributed by atoms with E-state index in [-0.39, 0.29) is 0 Å². The Kier molecular flexibility index (Phi) is 5.96. The first-order chi connectivity index (χ1) is 9.20. The van der Waals surface area contributed by atoms with Gasteiger partial charge in [0.2, 0.25) is 0 Å². The smallest absolute Gasteiger partial charge is 0.0495 e. The van der Waals surface area contributed by atoms with Crippen molar-refractivity contribution in [1.29, 1.82) is 0 Å². The molecule has 1 fully saturated rings. The molecule has 0 spiro atoms. The molecule has 1 aromatic carbocycles. The van der Waals surface area contributed by atoms with Crippen LogP contribution in [-0.2, 0) is 11.2 Å². The van der Waals surface area contributed by atoms with Crippen LogP contribution in [0.25, 0.3) is 0 Å². The van der Waals surface area contributed by atoms with E-state index in [1.165, 1.54) is 0 Å². The van der Waals surface area contributed by atoms with Gasteiger partial charge < -0.3 is 10.1 Å². The van der Waals surface area contributed by atoms with E-state index < -0.39 is 0 Å². The first kappa shape index (κ1) is 15.1. The summed E-state index contributed by atoms with van der Waals surface area (Å²) in [4.78, 5) is 0. The standard InChI is InChI=1S/C15H21Cl2NO/c1-2-18-12(8-11-6-7-19-10-11)9-13-14(16)4-3-5-15(13)17/h3-5,11-12,18H,2,6-10H2,1H3. The molecule has 0 radical (unpaired) electrons. The quantitative estimate of drug-likeness (QED) is 0.859. The highest BCUT2D eigenvalue weighted by atomic mass is 35.5. The fourth-order valence-electron chi connectivity index (χ4n) is 2.67. The Bertz CT molecular complexity index is 385. The zero-order valence-electron chi connectivity index (χ0n) is 11.3. The lowest BCUT2D eigenvalue weighted by atomic mass is 9.94. The summed E-state index contributed by atoms with van der Waals surface area (Å²) in [6, 6.07) is 6.12. The Morgan fingerprint density at radius 2 is 2.11 bits per heavy atom. The molecule has 2 unspecified atom stereocenters. The largest absolute Gasteiger partial charge is 0.381 e. The molecular weight excluding hydrogens is 281 g/mol. The number of hydrogen-bond donors (Lipinski definition) is 1. The number of rotatable bonds is 6. The summed E-state index contributed by atoms with van der Waals surface area (Å²) in [7, 11) is 0. The second-order valence-corrected chi connectivity index (χ2v) is 5.94. The molecule has 2 rings (SSSR count). The number of benzene rings is 1. The maximum Gasteiger partial charge on any atom is 0.0495 e. The SMILES string of the molecule is CCNC(Cc1c(Cl)cccc1Cl)CC1CCOC1. The molecule has 1 aliphatic heterocycles. The molecule has 0 amide bonds. The first-order valence-electron chi connectivity index (χ1n) is 6.94. The van der Waals surface area contributed by atoms with Crippen molar-refractivity contribution < 1.29 is 4.74 Å². The fraction of sp³-hybridized carbons (Fsp3) is 0.600. The van der Waals surface area contributed by atoms with Gasteiger partial charge in [-0.1, -0.05) is 36.2 Å². The van der Waals surface area contributed by atoms with E-state index in [2.05, 4.69) is 12.2 Å². The fourth-order valence-corrected chi connectivity index (χ4v) is 3.22. The third kappa shape index (κ3) is 4.35. The molecule has 0 aromatic heterocycles. The van der Waals surface area contributed by atoms with Gasteiger partial charge in [-0.05, 0) is 49.4 Å². The zero-order chi connectivity index (χ0) is 13.7. The van der Waals surface area contributed by atoms with Gasteiger partial charge in [0, 0.05) is 29.3 Å². The van der Waals surface area contributed by atoms with Crippen molar-refractivity contribution in [2.24, 2.45) is 5.92 Å². The van der Waals surface area contributed by atoms with Crippen molar-refractivity contribution in [3.05, 3.63) is 33.8 Å². The molecule has 0 saturated carbocycles. The monoisotopic (exact) mass is 301 g/mol. The van der Waals surface area contributed by atoms with Gasteiger partial charge in [0.05, 0.1) is 0 Å². The third-order valence-electron chi connectivity index (χ3n) is 3.65. The van der Waals surface area contributed by atoms with Crippen LogP contribution in [0.5, 0.6) is 0 Å². The van der Waals surface area contributed by atoms with Crippen LogP contribution in [0, 0.1) is 5.92 Å². The summed E-state index contributed by atoms with van der Waals surface area (Å²) in [5.41, 5.74) is 1.05. The Morgan fingerprint density at radius 3 is 2.68 bits per heavy atom. The lowest BCUT2D eigenvalue weighted by Gasteiger charge is -2.22. The highest BCUT2D eigenvalue weighted by Crippen LogP contribution is 2.27. The van der Waals surface area contributed by atoms with Gasteiger partial charge in [-0.15, -0.1) is 0 Å². The van der Waals surface area contributed by atoms with Crippen molar-refractivity contribution in [2.45, 2.75) is 32.2 Å². The lowest BCUT2D eigenvalue weighted by molar-refractivity contribution is 0.181. The predicted octanol–water partition coefficient (Wildman–Crippen LogP) is 3.94. The third-order valence-corrected chi connectivity index (χ3v) is 4.36. The van der Waals surface area contributed by atoms with Crippen molar-refractivity contribution in [3.8, 4) is 0 Å². The Labute approximate surface area is 125 Å². The molecular formula is C15H21Cl2NO. The Balaban J connectivity index is 2.02. The number of nitrogens with one attached hydrogen (secondary N) is 1. The maximum atomic E-state index is 6.25. The van der Waals surface area contributed by atoms with Gasteiger partial charge in [-0.3, -0.25) is 0 Å². The molecule has 4 heteroatoms. The molecule has 106 valence electrons. The maximum absolute atomic E-state index is 6.25. The molecule has 2 atom stereocenters. The molecule has 1 saturated heterocycles. The molecule has 0 bridgehead atoms. The molecule has 1 aromatic rings. The summed E-state index contributed by atoms with van der Waals surface area (Å²) in [6.45, 7) is 4.88. The van der Waals surface area contributed by atoms with E-state index in [0.29, 0.717) is 12.0 Å². The average molecular weight is 302 g/mol. The van der Waals surface area contributed by atoms with Crippen molar-refractivity contribution in [2.75, 3.05) is 19.8 Å². The second kappa shape index (κ2) is 7.49. The van der Waals surface area contributed by atoms with E-state index in [1.807, 2.05) is 18.2 Å². The minimum Gasteiger partial charge on any atom is -0.381 e. The van der Waals surface area contributed by atoms with Crippen molar-refractivity contribution in [3.63, 3.8) is 0 Å². The highest BCUT2D eigenvalue weighted by Gasteiger charge is 2.21. The van der Waals surface area contributed by atoms with Gasteiger partial charge in [-0.2, -0.15) is 0 Å². The van der Waals surface area contributed by atoms with Crippen LogP contribution in [0.15, 0.2) is 18.2 Å². The average Bonchev–Trinajstić information content (AvgIpc) is 2.87. The van der Waals surface area contributed by atoms with E-state index in [0.717, 1.165) is 54.6 Å². The van der Waals surface area contributed by atoms with E-state index >= 15 is 0 Å². The Hall–Kier alpha value is -0.280. The minimum absolute atomic E-state index is 0.411. The second-order valence-electron chi connectivity index (χ2n) is 5.12. The van der Waals surface area contributed by atoms with Gasteiger partial charge in [-0.25, -0.2) is 0 Å². The molecule has 1 N–H and O–H groups in total. The predicted molar refractivity (Wildman–Crippen MR) is 81.2 cm³/mol. The molecule has 0 aliphatic carbocycles. The minimum atomic E-state index is 0.411. The van der Waals surface area contributed by atoms with Crippen LogP contribution in [0.1, 0.15) is 25.3 Å². The number of halogens is 2. The molecule has 19 heavy (non-hydrogen) atoms. The van der Waals surface area contributed by atoms with E-state index in [9.17, 15) is 0 Å². The van der Waals surface area contributed by atoms with Crippen LogP contribution < -0.4 is 5.32 Å². The summed E-state index contributed by atoms with van der Waals surface area (Å²) < 4.78 is 5.45. The van der Waals surface area contributed by atoms with E-state index in [4.69, 9.17) is 27.9 Å². The summed E-state index contributed by atoms with van der Waals surface area (Å²) in [5, 5.41) is 5.06. The van der Waals surface area contributed by atoms with Crippen LogP contribution in [0.2, 0.25) is 10.0 Å². The Morgan fingerprint density at radius 1 is 1.37 bits per heavy atom. The zero-order valence-corrected chi connectivity index (χ0v) is 12.8. The van der Waals surface area contributed by atoms with Crippen molar-refractivity contribution in [1.82, 2.24) is 5.32 Å². The van der Waals surface area contributed by atoms with Crippen LogP contribution in [0.3, 0.4) is 0 Å². The normalized spacial score (nSPS) is 20.7. The van der Waals surface area contributed by atoms with Crippen LogP contribution in [-0.4, -0.2) is 25.8 Å². The van der Waals surface area contributed by atoms with Crippen LogP contribution in [0.4, 0.5) is 0 Å². The number of hydrogen-bond acceptors (Lipinski definition) is 2. The van der Waals surface area contributed by atoms with E-state index in [1.54, 1.807) is 0 Å². The highest BCUT2D eigenvalue weighted by molar-refractivity contribution is 6.35. The van der Waals surface area contributed by atoms with Gasteiger partial charge in [0.25, 0.3) is 0 Å². The number of ether oxygens (including phenoxy) is 1. The summed E-state index contributed by atoms with van der Waals surface area (Å²) >= 11 is 12.5. The van der Waals surface area contributed by atoms with Gasteiger partial charge >= 0.3 is 0 Å². The molecule has 1 heterocycles. The van der Waals surface area contributed by atoms with Gasteiger partial charge in [0.1, 0.15) is 0 Å². The van der Waals surface area contributed by atoms with Crippen LogP contribution >= 0.6 is 23.2 Å². The lowest BCUT2D eigenvalue weighted by Crippen LogP contribution is -2.33. The van der Waals surface area contributed by atoms with Gasteiger partial charge in [0.15, 0.2) is 0 Å². The molecule has 2 nitrogen and oxygen atoms in total. The number of likely N-dealkylation sites (N-methyl/N-ethyl adjacent to an activating group) is 1. The van der Waals surface area contributed by atoms with Crippen molar-refractivity contribution >= 4 is 23.2 Å². The molecule has 1 aliphatic rings. The summed E-state index contributed by atoms with van der Waals surface area (Å²) in [6.07, 6.45) is 3.16. The first-order valence-corrected chi connectivity index (χ1v) is 7.70. The topological polar surface area (TPSA) is 21.3 Å².